The van der Waals surface area contributed by atoms with Crippen molar-refractivity contribution in [1.29, 1.82) is 0 Å². The molecule has 2 aromatic carbocycles. The first-order valence-corrected chi connectivity index (χ1v) is 12.3. The van der Waals surface area contributed by atoms with Crippen molar-refractivity contribution in [3.63, 3.8) is 0 Å². The largest absolute Gasteiger partial charge is 0.378 e. The van der Waals surface area contributed by atoms with Crippen molar-refractivity contribution in [1.82, 2.24) is 19.7 Å². The van der Waals surface area contributed by atoms with E-state index in [9.17, 15) is 4.79 Å². The van der Waals surface area contributed by atoms with Crippen LogP contribution in [0.5, 0.6) is 0 Å². The lowest BCUT2D eigenvalue weighted by Crippen LogP contribution is -2.14. The Hall–Kier alpha value is -3.17. The Labute approximate surface area is 201 Å². The third-order valence-corrected chi connectivity index (χ3v) is 7.12. The predicted octanol–water partition coefficient (Wildman–Crippen LogP) is 5.02. The SMILES string of the molecule is Cc1ccc(-c2csc(NC(=O)CSc3nnc(-c4cccc(N(C)C)c4)n3C)n2)cc1C. The van der Waals surface area contributed by atoms with E-state index in [2.05, 4.69) is 58.6 Å². The molecule has 4 aromatic rings. The van der Waals surface area contributed by atoms with Gasteiger partial charge < -0.3 is 14.8 Å². The van der Waals surface area contributed by atoms with Gasteiger partial charge in [-0.1, -0.05) is 36.0 Å². The zero-order chi connectivity index (χ0) is 23.5. The van der Waals surface area contributed by atoms with E-state index in [1.807, 2.05) is 54.2 Å². The summed E-state index contributed by atoms with van der Waals surface area (Å²) in [7, 11) is 5.92. The monoisotopic (exact) mass is 478 g/mol. The fourth-order valence-electron chi connectivity index (χ4n) is 3.27. The lowest BCUT2D eigenvalue weighted by atomic mass is 10.1. The number of thiazole rings is 1. The summed E-state index contributed by atoms with van der Waals surface area (Å²) in [4.78, 5) is 19.1. The Morgan fingerprint density at radius 3 is 2.67 bits per heavy atom. The number of carbonyl (C=O) groups excluding carboxylic acids is 1. The molecule has 0 aliphatic rings. The lowest BCUT2D eigenvalue weighted by Gasteiger charge is -2.13. The molecule has 2 heterocycles. The molecule has 0 unspecified atom stereocenters. The van der Waals surface area contributed by atoms with E-state index in [0.29, 0.717) is 10.3 Å². The molecule has 33 heavy (non-hydrogen) atoms. The number of anilines is 2. The molecule has 1 N–H and O–H groups in total. The molecule has 0 spiro atoms. The van der Waals surface area contributed by atoms with Gasteiger partial charge in [0, 0.05) is 43.3 Å². The molecule has 0 saturated carbocycles. The Morgan fingerprint density at radius 2 is 1.91 bits per heavy atom. The molecule has 0 saturated heterocycles. The summed E-state index contributed by atoms with van der Waals surface area (Å²) < 4.78 is 1.91. The first-order chi connectivity index (χ1) is 15.8. The zero-order valence-corrected chi connectivity index (χ0v) is 20.9. The van der Waals surface area contributed by atoms with Gasteiger partial charge in [-0.2, -0.15) is 0 Å². The summed E-state index contributed by atoms with van der Waals surface area (Å²) in [5, 5.41) is 14.7. The summed E-state index contributed by atoms with van der Waals surface area (Å²) in [5.41, 5.74) is 6.45. The third kappa shape index (κ3) is 5.26. The van der Waals surface area contributed by atoms with Crippen molar-refractivity contribution in [3.05, 3.63) is 59.0 Å². The Kier molecular flexibility index (Phi) is 6.80. The minimum Gasteiger partial charge on any atom is -0.378 e. The van der Waals surface area contributed by atoms with Crippen LogP contribution < -0.4 is 10.2 Å². The number of hydrogen-bond donors (Lipinski definition) is 1. The summed E-state index contributed by atoms with van der Waals surface area (Å²) in [6.07, 6.45) is 0. The maximum Gasteiger partial charge on any atom is 0.236 e. The Morgan fingerprint density at radius 1 is 1.09 bits per heavy atom. The van der Waals surface area contributed by atoms with Crippen LogP contribution in [0.4, 0.5) is 10.8 Å². The number of nitrogens with one attached hydrogen (secondary N) is 1. The number of carbonyl (C=O) groups is 1. The van der Waals surface area contributed by atoms with Gasteiger partial charge in [-0.3, -0.25) is 4.79 Å². The molecular weight excluding hydrogens is 452 g/mol. The molecule has 1 amide bonds. The van der Waals surface area contributed by atoms with Crippen molar-refractivity contribution in [2.24, 2.45) is 7.05 Å². The summed E-state index contributed by atoms with van der Waals surface area (Å²) in [6.45, 7) is 4.17. The van der Waals surface area contributed by atoms with Gasteiger partial charge in [0.2, 0.25) is 5.91 Å². The number of aromatic nitrogens is 4. The fourth-order valence-corrected chi connectivity index (χ4v) is 4.71. The molecule has 7 nitrogen and oxygen atoms in total. The van der Waals surface area contributed by atoms with E-state index in [0.717, 1.165) is 28.3 Å². The molecule has 4 rings (SSSR count). The maximum absolute atomic E-state index is 12.5. The average Bonchev–Trinajstić information content (AvgIpc) is 3.41. The molecule has 0 atom stereocenters. The fraction of sp³-hybridized carbons (Fsp3) is 0.250. The highest BCUT2D eigenvalue weighted by molar-refractivity contribution is 7.99. The van der Waals surface area contributed by atoms with Crippen LogP contribution in [0.25, 0.3) is 22.6 Å². The van der Waals surface area contributed by atoms with Gasteiger partial charge in [0.05, 0.1) is 11.4 Å². The lowest BCUT2D eigenvalue weighted by molar-refractivity contribution is -0.113. The van der Waals surface area contributed by atoms with Crippen LogP contribution in [-0.4, -0.2) is 45.5 Å². The number of hydrogen-bond acceptors (Lipinski definition) is 7. The van der Waals surface area contributed by atoms with Crippen LogP contribution in [0.15, 0.2) is 53.0 Å². The van der Waals surface area contributed by atoms with Gasteiger partial charge in [0.25, 0.3) is 0 Å². The van der Waals surface area contributed by atoms with E-state index in [1.54, 1.807) is 0 Å². The molecule has 9 heteroatoms. The van der Waals surface area contributed by atoms with Crippen molar-refractivity contribution in [2.75, 3.05) is 30.1 Å². The first kappa shape index (κ1) is 23.0. The second kappa shape index (κ2) is 9.76. The second-order valence-corrected chi connectivity index (χ2v) is 9.78. The molecule has 0 bridgehead atoms. The molecule has 2 aromatic heterocycles. The van der Waals surface area contributed by atoms with E-state index >= 15 is 0 Å². The predicted molar refractivity (Wildman–Crippen MR) is 137 cm³/mol. The third-order valence-electron chi connectivity index (χ3n) is 5.34. The van der Waals surface area contributed by atoms with Crippen molar-refractivity contribution >= 4 is 39.8 Å². The Balaban J connectivity index is 1.38. The molecule has 0 radical (unpaired) electrons. The van der Waals surface area contributed by atoms with Gasteiger partial charge in [-0.15, -0.1) is 21.5 Å². The number of benzene rings is 2. The summed E-state index contributed by atoms with van der Waals surface area (Å²) >= 11 is 2.77. The smallest absolute Gasteiger partial charge is 0.236 e. The van der Waals surface area contributed by atoms with Crippen molar-refractivity contribution < 1.29 is 4.79 Å². The van der Waals surface area contributed by atoms with Gasteiger partial charge in [0.1, 0.15) is 0 Å². The number of nitrogens with zero attached hydrogens (tertiary/aromatic N) is 5. The molecule has 0 fully saturated rings. The highest BCUT2D eigenvalue weighted by atomic mass is 32.2. The normalized spacial score (nSPS) is 10.9. The van der Waals surface area contributed by atoms with Gasteiger partial charge in [-0.25, -0.2) is 4.98 Å². The summed E-state index contributed by atoms with van der Waals surface area (Å²) in [6, 6.07) is 14.4. The topological polar surface area (TPSA) is 75.9 Å². The van der Waals surface area contributed by atoms with Crippen LogP contribution in [0.2, 0.25) is 0 Å². The van der Waals surface area contributed by atoms with E-state index in [4.69, 9.17) is 0 Å². The van der Waals surface area contributed by atoms with Gasteiger partial charge in [-0.05, 0) is 43.2 Å². The number of amides is 1. The quantitative estimate of drug-likeness (QED) is 0.376. The molecule has 0 aliphatic heterocycles. The minimum atomic E-state index is -0.125. The van der Waals surface area contributed by atoms with E-state index in [1.165, 1.54) is 34.2 Å². The van der Waals surface area contributed by atoms with E-state index < -0.39 is 0 Å². The van der Waals surface area contributed by atoms with Crippen LogP contribution >= 0.6 is 23.1 Å². The molecule has 0 aliphatic carbocycles. The highest BCUT2D eigenvalue weighted by Crippen LogP contribution is 2.28. The molecular formula is C24H26N6OS2. The first-order valence-electron chi connectivity index (χ1n) is 10.4. The van der Waals surface area contributed by atoms with Crippen LogP contribution in [0.1, 0.15) is 11.1 Å². The second-order valence-electron chi connectivity index (χ2n) is 7.98. The summed E-state index contributed by atoms with van der Waals surface area (Å²) in [5.74, 6) is 0.863. The minimum absolute atomic E-state index is 0.125. The van der Waals surface area contributed by atoms with Crippen molar-refractivity contribution in [2.45, 2.75) is 19.0 Å². The molecule has 170 valence electrons. The van der Waals surface area contributed by atoms with Crippen molar-refractivity contribution in [3.8, 4) is 22.6 Å². The van der Waals surface area contributed by atoms with Crippen LogP contribution in [-0.2, 0) is 11.8 Å². The van der Waals surface area contributed by atoms with Gasteiger partial charge in [0.15, 0.2) is 16.1 Å². The standard InChI is InChI=1S/C24H26N6OS2/c1-15-9-10-17(11-16(15)2)20-13-32-23(25-20)26-21(31)14-33-24-28-27-22(30(24)5)18-7-6-8-19(12-18)29(3)4/h6-13H,14H2,1-5H3,(H,25,26,31). The highest BCUT2D eigenvalue weighted by Gasteiger charge is 2.15. The average molecular weight is 479 g/mol. The van der Waals surface area contributed by atoms with E-state index in [-0.39, 0.29) is 11.7 Å². The van der Waals surface area contributed by atoms with Crippen LogP contribution in [0, 0.1) is 13.8 Å². The number of rotatable bonds is 7. The zero-order valence-electron chi connectivity index (χ0n) is 19.3. The van der Waals surface area contributed by atoms with Crippen LogP contribution in [0.3, 0.4) is 0 Å². The van der Waals surface area contributed by atoms with Gasteiger partial charge >= 0.3 is 0 Å². The number of thioether (sulfide) groups is 1. The number of aryl methyl sites for hydroxylation is 2. The maximum atomic E-state index is 12.5. The Bertz CT molecular complexity index is 1290.